The van der Waals surface area contributed by atoms with Crippen molar-refractivity contribution in [2.45, 2.75) is 103 Å². The molecule has 0 amide bonds. The van der Waals surface area contributed by atoms with E-state index in [2.05, 4.69) is 19.1 Å². The molecular formula is C23H38F2. The lowest BCUT2D eigenvalue weighted by Gasteiger charge is -2.41. The summed E-state index contributed by atoms with van der Waals surface area (Å²) < 4.78 is 28.0. The van der Waals surface area contributed by atoms with Gasteiger partial charge in [-0.1, -0.05) is 31.9 Å². The van der Waals surface area contributed by atoms with E-state index in [0.717, 1.165) is 43.4 Å². The molecule has 0 aromatic rings. The van der Waals surface area contributed by atoms with Gasteiger partial charge in [0.05, 0.1) is 0 Å². The Hall–Kier alpha value is -0.400. The average Bonchev–Trinajstić information content (AvgIpc) is 2.65. The monoisotopic (exact) mass is 352 g/mol. The van der Waals surface area contributed by atoms with Crippen LogP contribution in [-0.2, 0) is 0 Å². The van der Waals surface area contributed by atoms with Crippen LogP contribution in [0.25, 0.3) is 0 Å². The van der Waals surface area contributed by atoms with Crippen molar-refractivity contribution in [3.8, 4) is 0 Å². The van der Waals surface area contributed by atoms with Gasteiger partial charge in [0.25, 0.3) is 0 Å². The molecule has 0 saturated heterocycles. The van der Waals surface area contributed by atoms with Gasteiger partial charge >= 0.3 is 0 Å². The maximum Gasteiger partial charge on any atom is 0.134 e. The first-order valence-electron chi connectivity index (χ1n) is 11.1. The summed E-state index contributed by atoms with van der Waals surface area (Å²) in [6, 6.07) is 0. The first-order chi connectivity index (χ1) is 12.2. The highest BCUT2D eigenvalue weighted by molar-refractivity contribution is 4.93. The molecule has 0 nitrogen and oxygen atoms in total. The molecule has 3 aliphatic rings. The highest BCUT2D eigenvalue weighted by Crippen LogP contribution is 2.46. The van der Waals surface area contributed by atoms with Gasteiger partial charge in [-0.2, -0.15) is 0 Å². The van der Waals surface area contributed by atoms with Crippen molar-refractivity contribution in [3.05, 3.63) is 12.2 Å². The molecule has 0 heterocycles. The maximum absolute atomic E-state index is 14.3. The molecule has 0 aromatic carbocycles. The fourth-order valence-electron chi connectivity index (χ4n) is 5.94. The molecule has 25 heavy (non-hydrogen) atoms. The quantitative estimate of drug-likeness (QED) is 0.451. The molecule has 0 N–H and O–H groups in total. The number of allylic oxidation sites excluding steroid dienone is 2. The maximum atomic E-state index is 14.3. The van der Waals surface area contributed by atoms with Crippen LogP contribution in [0.3, 0.4) is 0 Å². The highest BCUT2D eigenvalue weighted by Gasteiger charge is 2.40. The van der Waals surface area contributed by atoms with E-state index >= 15 is 0 Å². The van der Waals surface area contributed by atoms with Crippen molar-refractivity contribution in [3.63, 3.8) is 0 Å². The van der Waals surface area contributed by atoms with Crippen LogP contribution in [0.15, 0.2) is 12.2 Å². The third-order valence-electron chi connectivity index (χ3n) is 7.54. The van der Waals surface area contributed by atoms with E-state index < -0.39 is 12.3 Å². The predicted octanol–water partition coefficient (Wildman–Crippen LogP) is 7.43. The number of unbranched alkanes of at least 4 members (excludes halogenated alkanes) is 1. The highest BCUT2D eigenvalue weighted by atomic mass is 19.2. The van der Waals surface area contributed by atoms with Crippen molar-refractivity contribution < 1.29 is 8.78 Å². The Kier molecular flexibility index (Phi) is 7.37. The third-order valence-corrected chi connectivity index (χ3v) is 7.54. The SMILES string of the molecule is CCC/C=C/C1CCC(C2CCC(C3CCCC(F)C3F)CC2)CC1. The number of halogens is 2. The van der Waals surface area contributed by atoms with Gasteiger partial charge in [0.2, 0.25) is 0 Å². The minimum atomic E-state index is -1.19. The summed E-state index contributed by atoms with van der Waals surface area (Å²) >= 11 is 0. The summed E-state index contributed by atoms with van der Waals surface area (Å²) in [5, 5.41) is 0. The fourth-order valence-corrected chi connectivity index (χ4v) is 5.94. The Bertz CT molecular complexity index is 402. The van der Waals surface area contributed by atoms with Gasteiger partial charge < -0.3 is 0 Å². The second-order valence-electron chi connectivity index (χ2n) is 9.12. The van der Waals surface area contributed by atoms with Gasteiger partial charge in [-0.25, -0.2) is 8.78 Å². The topological polar surface area (TPSA) is 0 Å². The van der Waals surface area contributed by atoms with Gasteiger partial charge in [0.1, 0.15) is 12.3 Å². The van der Waals surface area contributed by atoms with E-state index in [4.69, 9.17) is 0 Å². The van der Waals surface area contributed by atoms with E-state index in [0.29, 0.717) is 12.3 Å². The molecule has 0 spiro atoms. The van der Waals surface area contributed by atoms with Crippen LogP contribution >= 0.6 is 0 Å². The summed E-state index contributed by atoms with van der Waals surface area (Å²) in [4.78, 5) is 0. The van der Waals surface area contributed by atoms with Crippen molar-refractivity contribution in [1.82, 2.24) is 0 Å². The van der Waals surface area contributed by atoms with Crippen LogP contribution in [0, 0.1) is 29.6 Å². The predicted molar refractivity (Wildman–Crippen MR) is 102 cm³/mol. The molecule has 3 fully saturated rings. The Morgan fingerprint density at radius 2 is 1.36 bits per heavy atom. The van der Waals surface area contributed by atoms with E-state index in [9.17, 15) is 8.78 Å². The van der Waals surface area contributed by atoms with Gasteiger partial charge in [-0.05, 0) is 100 Å². The standard InChI is InChI=1S/C23H38F2/c1-2-3-4-6-17-9-11-18(12-10-17)19-13-15-20(16-14-19)21-7-5-8-22(24)23(21)25/h4,6,17-23H,2-3,5,7-16H2,1H3/b6-4+. The zero-order valence-electron chi connectivity index (χ0n) is 16.1. The van der Waals surface area contributed by atoms with E-state index in [1.165, 1.54) is 51.4 Å². The molecule has 3 rings (SSSR count). The zero-order valence-corrected chi connectivity index (χ0v) is 16.1. The lowest BCUT2D eigenvalue weighted by molar-refractivity contribution is 0.0159. The largest absolute Gasteiger partial charge is 0.244 e. The van der Waals surface area contributed by atoms with Crippen LogP contribution < -0.4 is 0 Å². The Balaban J connectivity index is 1.41. The van der Waals surface area contributed by atoms with E-state index in [1.54, 1.807) is 0 Å². The van der Waals surface area contributed by atoms with Crippen LogP contribution in [0.2, 0.25) is 0 Å². The van der Waals surface area contributed by atoms with Crippen molar-refractivity contribution in [2.75, 3.05) is 0 Å². The van der Waals surface area contributed by atoms with Crippen molar-refractivity contribution in [2.24, 2.45) is 29.6 Å². The van der Waals surface area contributed by atoms with Crippen LogP contribution in [0.1, 0.15) is 90.4 Å². The number of hydrogen-bond donors (Lipinski definition) is 0. The molecule has 3 atom stereocenters. The van der Waals surface area contributed by atoms with Crippen LogP contribution in [0.5, 0.6) is 0 Å². The molecule has 0 bridgehead atoms. The zero-order chi connectivity index (χ0) is 17.6. The van der Waals surface area contributed by atoms with Crippen molar-refractivity contribution >= 4 is 0 Å². The molecule has 0 aliphatic heterocycles. The lowest BCUT2D eigenvalue weighted by Crippen LogP contribution is -2.38. The first kappa shape index (κ1) is 19.4. The van der Waals surface area contributed by atoms with E-state index in [1.807, 2.05) is 0 Å². The second kappa shape index (κ2) is 9.51. The number of alkyl halides is 2. The van der Waals surface area contributed by atoms with Gasteiger partial charge in [0, 0.05) is 0 Å². The Labute approximate surface area is 153 Å². The summed E-state index contributed by atoms with van der Waals surface area (Å²) in [6.07, 6.45) is 17.6. The summed E-state index contributed by atoms with van der Waals surface area (Å²) in [5.41, 5.74) is 0. The smallest absolute Gasteiger partial charge is 0.134 e. The normalized spacial score (nSPS) is 43.4. The first-order valence-corrected chi connectivity index (χ1v) is 11.1. The summed E-state index contributed by atoms with van der Waals surface area (Å²) in [6.45, 7) is 2.24. The molecule has 0 aromatic heterocycles. The molecule has 3 aliphatic carbocycles. The molecule has 2 heteroatoms. The number of rotatable bonds is 5. The minimum absolute atomic E-state index is 0.0177. The summed E-state index contributed by atoms with van der Waals surface area (Å²) in [5.74, 6) is 3.05. The van der Waals surface area contributed by atoms with Crippen LogP contribution in [0.4, 0.5) is 8.78 Å². The molecule has 144 valence electrons. The van der Waals surface area contributed by atoms with Gasteiger partial charge in [-0.3, -0.25) is 0 Å². The third kappa shape index (κ3) is 5.07. The average molecular weight is 353 g/mol. The molecule has 3 saturated carbocycles. The van der Waals surface area contributed by atoms with Crippen LogP contribution in [-0.4, -0.2) is 12.3 Å². The number of hydrogen-bond acceptors (Lipinski definition) is 0. The van der Waals surface area contributed by atoms with Gasteiger partial charge in [-0.15, -0.1) is 0 Å². The summed E-state index contributed by atoms with van der Waals surface area (Å²) in [7, 11) is 0. The fraction of sp³-hybridized carbons (Fsp3) is 0.913. The Morgan fingerprint density at radius 3 is 2.00 bits per heavy atom. The molecule has 3 unspecified atom stereocenters. The van der Waals surface area contributed by atoms with E-state index in [-0.39, 0.29) is 5.92 Å². The van der Waals surface area contributed by atoms with Gasteiger partial charge in [0.15, 0.2) is 0 Å². The Morgan fingerprint density at radius 1 is 0.760 bits per heavy atom. The molecule has 0 radical (unpaired) electrons. The minimum Gasteiger partial charge on any atom is -0.244 e. The second-order valence-corrected chi connectivity index (χ2v) is 9.12. The lowest BCUT2D eigenvalue weighted by atomic mass is 9.65. The van der Waals surface area contributed by atoms with Crippen molar-refractivity contribution in [1.29, 1.82) is 0 Å². The molecular weight excluding hydrogens is 314 g/mol.